The van der Waals surface area contributed by atoms with Gasteiger partial charge >= 0.3 is 0 Å². The van der Waals surface area contributed by atoms with Crippen LogP contribution in [0.5, 0.6) is 0 Å². The predicted octanol–water partition coefficient (Wildman–Crippen LogP) is 2.67. The fourth-order valence-corrected chi connectivity index (χ4v) is 2.62. The number of benzene rings is 2. The molecular weight excluding hydrogens is 320 g/mol. The molecule has 0 radical (unpaired) electrons. The van der Waals surface area contributed by atoms with Crippen molar-refractivity contribution in [3.05, 3.63) is 59.4 Å². The maximum Gasteiger partial charge on any atom is 0.218 e. The molecule has 8 heteroatoms. The highest BCUT2D eigenvalue weighted by atomic mass is 16.5. The summed E-state index contributed by atoms with van der Waals surface area (Å²) in [5.41, 5.74) is 3.13. The van der Waals surface area contributed by atoms with Crippen LogP contribution in [0.15, 0.2) is 48.5 Å². The van der Waals surface area contributed by atoms with Crippen molar-refractivity contribution in [2.75, 3.05) is 0 Å². The third kappa shape index (κ3) is 2.40. The number of rotatable bonds is 3. The summed E-state index contributed by atoms with van der Waals surface area (Å²) in [5.74, 6) is 0.258. The molecule has 0 bridgehead atoms. The topological polar surface area (TPSA) is 94.8 Å². The van der Waals surface area contributed by atoms with Gasteiger partial charge in [0, 0.05) is 12.1 Å². The fraction of sp³-hybridized carbons (Fsp3) is 0.0588. The van der Waals surface area contributed by atoms with Crippen LogP contribution in [-0.2, 0) is 0 Å². The van der Waals surface area contributed by atoms with Gasteiger partial charge in [0.2, 0.25) is 5.69 Å². The van der Waals surface area contributed by atoms with Crippen molar-refractivity contribution in [3.63, 3.8) is 0 Å². The average molecular weight is 334 g/mol. The average Bonchev–Trinajstić information content (AvgIpc) is 3.16. The first-order valence-corrected chi connectivity index (χ1v) is 7.54. The zero-order chi connectivity index (χ0) is 17.6. The molecular formula is C17H14N6O2. The molecule has 0 atom stereocenters. The largest absolute Gasteiger partial charge is 0.619 e. The summed E-state index contributed by atoms with van der Waals surface area (Å²) in [6, 6.07) is 14.2. The molecule has 0 aliphatic carbocycles. The minimum absolute atomic E-state index is 0.258. The third-order valence-corrected chi connectivity index (χ3v) is 3.88. The molecule has 1 N–H and O–H groups in total. The zero-order valence-corrected chi connectivity index (χ0v) is 13.4. The van der Waals surface area contributed by atoms with Gasteiger partial charge in [0.25, 0.3) is 0 Å². The molecule has 0 spiro atoms. The molecule has 4 rings (SSSR count). The van der Waals surface area contributed by atoms with E-state index in [4.69, 9.17) is 0 Å². The maximum absolute atomic E-state index is 11.4. The number of imidazole rings is 1. The highest BCUT2D eigenvalue weighted by Gasteiger charge is 2.20. The lowest BCUT2D eigenvalue weighted by molar-refractivity contribution is -0.349. The Morgan fingerprint density at radius 1 is 1.12 bits per heavy atom. The van der Waals surface area contributed by atoms with E-state index < -0.39 is 0 Å². The summed E-state index contributed by atoms with van der Waals surface area (Å²) < 4.78 is 1.39. The standard InChI is InChI=1S/C17H14N6O2/c1-11-16(20-23(19-11)12-6-4-3-5-7-12)17-18-14-9-8-13(21(2)24)10-15(14)22(17)25/h3-10,25H,2H2,1H3. The van der Waals surface area contributed by atoms with Gasteiger partial charge in [-0.2, -0.15) is 19.4 Å². The van der Waals surface area contributed by atoms with Crippen molar-refractivity contribution in [1.82, 2.24) is 24.7 Å². The van der Waals surface area contributed by atoms with Gasteiger partial charge in [-0.3, -0.25) is 0 Å². The van der Waals surface area contributed by atoms with Crippen LogP contribution in [0.4, 0.5) is 5.69 Å². The second kappa shape index (κ2) is 5.45. The predicted molar refractivity (Wildman–Crippen MR) is 92.4 cm³/mol. The van der Waals surface area contributed by atoms with Gasteiger partial charge in [-0.25, -0.2) is 4.98 Å². The lowest BCUT2D eigenvalue weighted by Crippen LogP contribution is -1.99. The van der Waals surface area contributed by atoms with Crippen molar-refractivity contribution in [2.24, 2.45) is 0 Å². The second-order valence-electron chi connectivity index (χ2n) is 5.56. The summed E-state index contributed by atoms with van der Waals surface area (Å²) in [6.45, 7) is 5.10. The zero-order valence-electron chi connectivity index (χ0n) is 13.4. The Kier molecular flexibility index (Phi) is 3.24. The van der Waals surface area contributed by atoms with E-state index in [9.17, 15) is 10.4 Å². The minimum atomic E-state index is 0.258. The van der Waals surface area contributed by atoms with Gasteiger partial charge in [-0.05, 0) is 25.1 Å². The minimum Gasteiger partial charge on any atom is -0.619 e. The molecule has 0 saturated carbocycles. The first-order valence-electron chi connectivity index (χ1n) is 7.54. The lowest BCUT2D eigenvalue weighted by atomic mass is 10.3. The number of nitrogens with zero attached hydrogens (tertiary/aromatic N) is 6. The molecule has 0 amide bonds. The molecule has 2 aromatic carbocycles. The van der Waals surface area contributed by atoms with Crippen LogP contribution in [0.1, 0.15) is 5.69 Å². The first kappa shape index (κ1) is 14.9. The Labute approximate surface area is 142 Å². The van der Waals surface area contributed by atoms with E-state index in [1.807, 2.05) is 30.3 Å². The Hall–Kier alpha value is -3.68. The quantitative estimate of drug-likeness (QED) is 0.204. The summed E-state index contributed by atoms with van der Waals surface area (Å²) >= 11 is 0. The summed E-state index contributed by atoms with van der Waals surface area (Å²) in [4.78, 5) is 5.90. The molecule has 4 aromatic rings. The van der Waals surface area contributed by atoms with Crippen molar-refractivity contribution in [3.8, 4) is 17.2 Å². The number of hydrogen-bond donors (Lipinski definition) is 1. The van der Waals surface area contributed by atoms with E-state index in [0.717, 1.165) is 10.4 Å². The van der Waals surface area contributed by atoms with Crippen LogP contribution in [0.3, 0.4) is 0 Å². The number of fused-ring (bicyclic) bond motifs is 1. The van der Waals surface area contributed by atoms with E-state index in [-0.39, 0.29) is 5.82 Å². The van der Waals surface area contributed by atoms with Crippen LogP contribution in [-0.4, -0.2) is 41.4 Å². The Morgan fingerprint density at radius 2 is 1.88 bits per heavy atom. The molecule has 8 nitrogen and oxygen atoms in total. The maximum atomic E-state index is 11.4. The van der Waals surface area contributed by atoms with Gasteiger partial charge in [0.05, 0.1) is 16.9 Å². The highest BCUT2D eigenvalue weighted by Crippen LogP contribution is 2.26. The van der Waals surface area contributed by atoms with Crippen LogP contribution < -0.4 is 0 Å². The smallest absolute Gasteiger partial charge is 0.218 e. The Balaban J connectivity index is 1.86. The van der Waals surface area contributed by atoms with Gasteiger partial charge in [0.1, 0.15) is 12.2 Å². The molecule has 0 saturated heterocycles. The van der Waals surface area contributed by atoms with Crippen LogP contribution in [0.2, 0.25) is 0 Å². The van der Waals surface area contributed by atoms with Crippen LogP contribution in [0, 0.1) is 12.1 Å². The third-order valence-electron chi connectivity index (χ3n) is 3.88. The van der Waals surface area contributed by atoms with Crippen molar-refractivity contribution in [2.45, 2.75) is 6.92 Å². The Bertz CT molecular complexity index is 1100. The monoisotopic (exact) mass is 334 g/mol. The molecule has 2 heterocycles. The summed E-state index contributed by atoms with van der Waals surface area (Å²) in [5, 5.41) is 30.7. The molecule has 0 unspecified atom stereocenters. The Morgan fingerprint density at radius 3 is 2.60 bits per heavy atom. The van der Waals surface area contributed by atoms with Crippen LogP contribution in [0.25, 0.3) is 28.2 Å². The summed E-state index contributed by atoms with van der Waals surface area (Å²) in [7, 11) is 0. The van der Waals surface area contributed by atoms with E-state index in [1.165, 1.54) is 10.9 Å². The summed E-state index contributed by atoms with van der Waals surface area (Å²) in [6.07, 6.45) is 0. The number of hydrogen-bond acceptors (Lipinski definition) is 5. The van der Waals surface area contributed by atoms with E-state index >= 15 is 0 Å². The number of aryl methyl sites for hydroxylation is 1. The number of aromatic nitrogens is 5. The molecule has 2 aromatic heterocycles. The van der Waals surface area contributed by atoms with Crippen molar-refractivity contribution in [1.29, 1.82) is 0 Å². The van der Waals surface area contributed by atoms with Gasteiger partial charge in [-0.15, -0.1) is 5.10 Å². The fourth-order valence-electron chi connectivity index (χ4n) is 2.62. The van der Waals surface area contributed by atoms with Gasteiger partial charge in [-0.1, -0.05) is 18.2 Å². The van der Waals surface area contributed by atoms with Gasteiger partial charge < -0.3 is 10.4 Å². The molecule has 0 fully saturated rings. The molecule has 0 aliphatic heterocycles. The molecule has 124 valence electrons. The normalized spacial score (nSPS) is 11.1. The van der Waals surface area contributed by atoms with E-state index in [2.05, 4.69) is 21.9 Å². The molecule has 25 heavy (non-hydrogen) atoms. The van der Waals surface area contributed by atoms with Gasteiger partial charge in [0.15, 0.2) is 11.5 Å². The van der Waals surface area contributed by atoms with Crippen LogP contribution >= 0.6 is 0 Å². The van der Waals surface area contributed by atoms with Crippen molar-refractivity contribution < 1.29 is 9.95 Å². The van der Waals surface area contributed by atoms with Crippen molar-refractivity contribution >= 4 is 23.4 Å². The molecule has 0 aliphatic rings. The number of para-hydroxylation sites is 1. The lowest BCUT2D eigenvalue weighted by Gasteiger charge is -2.01. The van der Waals surface area contributed by atoms with E-state index in [0.29, 0.717) is 32.8 Å². The second-order valence-corrected chi connectivity index (χ2v) is 5.56. The first-order chi connectivity index (χ1) is 12.0. The highest BCUT2D eigenvalue weighted by molar-refractivity contribution is 5.82. The van der Waals surface area contributed by atoms with E-state index in [1.54, 1.807) is 19.1 Å². The SMILES string of the molecule is C=[N+]([O-])c1ccc2nc(-c3nn(-c4ccccc4)nc3C)n(O)c2c1.